The highest BCUT2D eigenvalue weighted by Gasteiger charge is 2.16. The number of hydrogen-bond acceptors (Lipinski definition) is 3. The zero-order valence-electron chi connectivity index (χ0n) is 29.8. The van der Waals surface area contributed by atoms with E-state index in [2.05, 4.69) is 182 Å². The Morgan fingerprint density at radius 1 is 0.309 bits per heavy atom. The van der Waals surface area contributed by atoms with Gasteiger partial charge in [0, 0.05) is 38.2 Å². The Hall–Kier alpha value is -7.36. The number of hydrogen-bond donors (Lipinski definition) is 0. The molecule has 0 unspecified atom stereocenters. The van der Waals surface area contributed by atoms with Crippen molar-refractivity contribution < 1.29 is 4.42 Å². The summed E-state index contributed by atoms with van der Waals surface area (Å²) in [5.41, 5.74) is 14.6. The molecule has 0 spiro atoms. The molecule has 0 N–H and O–H groups in total. The third-order valence-electron chi connectivity index (χ3n) is 10.9. The predicted molar refractivity (Wildman–Crippen MR) is 229 cm³/mol. The smallest absolute Gasteiger partial charge is 0.143 e. The van der Waals surface area contributed by atoms with Gasteiger partial charge in [0.2, 0.25) is 0 Å². The van der Waals surface area contributed by atoms with Crippen LogP contribution in [0.3, 0.4) is 0 Å². The summed E-state index contributed by atoms with van der Waals surface area (Å²) < 4.78 is 6.72. The lowest BCUT2D eigenvalue weighted by Crippen LogP contribution is -1.92. The molecule has 0 saturated heterocycles. The fourth-order valence-electron chi connectivity index (χ4n) is 8.23. The highest BCUT2D eigenvalue weighted by Crippen LogP contribution is 2.41. The molecular weight excluding hydrogens is 669 g/mol. The van der Waals surface area contributed by atoms with E-state index in [-0.39, 0.29) is 0 Å². The van der Waals surface area contributed by atoms with E-state index in [1.165, 1.54) is 10.8 Å². The maximum absolute atomic E-state index is 6.72. The summed E-state index contributed by atoms with van der Waals surface area (Å²) in [6, 6.07) is 66.5. The number of aromatic nitrogens is 2. The third kappa shape index (κ3) is 5.20. The monoisotopic (exact) mass is 700 g/mol. The zero-order chi connectivity index (χ0) is 36.3. The first-order valence-electron chi connectivity index (χ1n) is 18.6. The van der Waals surface area contributed by atoms with Crippen molar-refractivity contribution in [2.45, 2.75) is 0 Å². The number of benzene rings is 9. The minimum Gasteiger partial charge on any atom is -0.455 e. The fourth-order valence-corrected chi connectivity index (χ4v) is 8.23. The van der Waals surface area contributed by atoms with Crippen LogP contribution in [0.4, 0.5) is 0 Å². The molecule has 0 aliphatic rings. The Bertz CT molecular complexity index is 3220. The van der Waals surface area contributed by atoms with E-state index in [4.69, 9.17) is 14.4 Å². The van der Waals surface area contributed by atoms with Crippen LogP contribution < -0.4 is 0 Å². The van der Waals surface area contributed by atoms with Gasteiger partial charge in [-0.25, -0.2) is 4.98 Å². The average molecular weight is 701 g/mol. The Morgan fingerprint density at radius 3 is 1.40 bits per heavy atom. The number of rotatable bonds is 5. The molecule has 3 heteroatoms. The second-order valence-electron chi connectivity index (χ2n) is 14.1. The van der Waals surface area contributed by atoms with Gasteiger partial charge in [0.25, 0.3) is 0 Å². The summed E-state index contributed by atoms with van der Waals surface area (Å²) in [5.74, 6) is 0. The molecule has 3 nitrogen and oxygen atoms in total. The molecule has 0 saturated carbocycles. The standard InChI is InChI=1S/C52H32N2O/c1-2-12-35(13-3-1)40-22-10-24-46-47-25-11-23-41(52(47)55-51(40)46)38-16-8-14-36(30-38)33-26-28-34(29-27-33)37-15-9-17-39(31-37)48-32-53-49-44-20-6-4-18-42(44)43-19-5-7-21-45(43)50(49)54-48/h1-32H. The Balaban J connectivity index is 0.929. The van der Waals surface area contributed by atoms with Crippen LogP contribution in [0.2, 0.25) is 0 Å². The first-order chi connectivity index (χ1) is 27.3. The predicted octanol–water partition coefficient (Wildman–Crippen LogP) is 14.2. The molecule has 0 atom stereocenters. The van der Waals surface area contributed by atoms with E-state index in [1.807, 2.05) is 12.3 Å². The molecule has 256 valence electrons. The minimum atomic E-state index is 0.860. The van der Waals surface area contributed by atoms with Gasteiger partial charge in [0.1, 0.15) is 11.2 Å². The van der Waals surface area contributed by atoms with Gasteiger partial charge in [-0.2, -0.15) is 0 Å². The van der Waals surface area contributed by atoms with Crippen LogP contribution in [0, 0.1) is 0 Å². The fraction of sp³-hybridized carbons (Fsp3) is 0. The van der Waals surface area contributed by atoms with Crippen molar-refractivity contribution in [3.8, 4) is 55.8 Å². The average Bonchev–Trinajstić information content (AvgIpc) is 3.66. The van der Waals surface area contributed by atoms with Crippen molar-refractivity contribution in [3.05, 3.63) is 194 Å². The van der Waals surface area contributed by atoms with Crippen molar-refractivity contribution in [2.24, 2.45) is 0 Å². The Kier molecular flexibility index (Phi) is 7.17. The molecule has 2 aromatic heterocycles. The lowest BCUT2D eigenvalue weighted by molar-refractivity contribution is 0.671. The van der Waals surface area contributed by atoms with Gasteiger partial charge in [-0.05, 0) is 56.3 Å². The van der Waals surface area contributed by atoms with Crippen LogP contribution in [0.15, 0.2) is 199 Å². The zero-order valence-corrected chi connectivity index (χ0v) is 29.8. The molecule has 11 aromatic rings. The second kappa shape index (κ2) is 12.6. The molecule has 2 heterocycles. The van der Waals surface area contributed by atoms with Crippen molar-refractivity contribution in [1.29, 1.82) is 0 Å². The number of para-hydroxylation sites is 2. The van der Waals surface area contributed by atoms with Crippen molar-refractivity contribution >= 4 is 54.5 Å². The normalized spacial score (nSPS) is 11.6. The maximum Gasteiger partial charge on any atom is 0.143 e. The number of nitrogens with zero attached hydrogens (tertiary/aromatic N) is 2. The first kappa shape index (κ1) is 31.2. The van der Waals surface area contributed by atoms with E-state index in [0.29, 0.717) is 0 Å². The van der Waals surface area contributed by atoms with Crippen molar-refractivity contribution in [3.63, 3.8) is 0 Å². The maximum atomic E-state index is 6.72. The quantitative estimate of drug-likeness (QED) is 0.168. The van der Waals surface area contributed by atoms with Crippen molar-refractivity contribution in [2.75, 3.05) is 0 Å². The molecule has 9 aromatic carbocycles. The molecule has 55 heavy (non-hydrogen) atoms. The number of furan rings is 1. The van der Waals surface area contributed by atoms with E-state index >= 15 is 0 Å². The van der Waals surface area contributed by atoms with Gasteiger partial charge in [-0.1, -0.05) is 176 Å². The topological polar surface area (TPSA) is 38.9 Å². The van der Waals surface area contributed by atoms with Crippen LogP contribution in [-0.4, -0.2) is 9.97 Å². The second-order valence-corrected chi connectivity index (χ2v) is 14.1. The Labute approximate surface area is 317 Å². The van der Waals surface area contributed by atoms with Crippen LogP contribution in [-0.2, 0) is 0 Å². The van der Waals surface area contributed by atoms with Crippen LogP contribution in [0.25, 0.3) is 110 Å². The van der Waals surface area contributed by atoms with Gasteiger partial charge in [0.15, 0.2) is 0 Å². The summed E-state index contributed by atoms with van der Waals surface area (Å²) in [5, 5.41) is 6.89. The molecule has 0 radical (unpaired) electrons. The minimum absolute atomic E-state index is 0.860. The SMILES string of the molecule is c1ccc(-c2cccc3c2oc2c(-c4cccc(-c5ccc(-c6cccc(-c7cnc8c9ccccc9c9ccccc9c8n7)c6)cc5)c4)cccc23)cc1. The Morgan fingerprint density at radius 2 is 0.764 bits per heavy atom. The highest BCUT2D eigenvalue weighted by atomic mass is 16.3. The summed E-state index contributed by atoms with van der Waals surface area (Å²) in [4.78, 5) is 10.2. The summed E-state index contributed by atoms with van der Waals surface area (Å²) in [6.45, 7) is 0. The largest absolute Gasteiger partial charge is 0.455 e. The lowest BCUT2D eigenvalue weighted by Gasteiger charge is -2.11. The van der Waals surface area contributed by atoms with E-state index in [0.717, 1.165) is 99.5 Å². The van der Waals surface area contributed by atoms with Gasteiger partial charge >= 0.3 is 0 Å². The van der Waals surface area contributed by atoms with Crippen LogP contribution in [0.1, 0.15) is 0 Å². The summed E-state index contributed by atoms with van der Waals surface area (Å²) in [6.07, 6.45) is 1.91. The molecule has 11 rings (SSSR count). The summed E-state index contributed by atoms with van der Waals surface area (Å²) >= 11 is 0. The summed E-state index contributed by atoms with van der Waals surface area (Å²) in [7, 11) is 0. The van der Waals surface area contributed by atoms with Gasteiger partial charge in [-0.15, -0.1) is 0 Å². The third-order valence-corrected chi connectivity index (χ3v) is 10.9. The lowest BCUT2D eigenvalue weighted by atomic mass is 9.95. The molecule has 0 aliphatic carbocycles. The highest BCUT2D eigenvalue weighted by molar-refractivity contribution is 6.23. The molecular formula is C52H32N2O. The van der Waals surface area contributed by atoms with Crippen molar-refractivity contribution in [1.82, 2.24) is 9.97 Å². The van der Waals surface area contributed by atoms with Crippen LogP contribution >= 0.6 is 0 Å². The van der Waals surface area contributed by atoms with Gasteiger partial charge in [0.05, 0.1) is 22.9 Å². The first-order valence-corrected chi connectivity index (χ1v) is 18.6. The van der Waals surface area contributed by atoms with Crippen LogP contribution in [0.5, 0.6) is 0 Å². The molecule has 0 amide bonds. The van der Waals surface area contributed by atoms with E-state index < -0.39 is 0 Å². The number of fused-ring (bicyclic) bond motifs is 9. The van der Waals surface area contributed by atoms with Gasteiger partial charge < -0.3 is 4.42 Å². The van der Waals surface area contributed by atoms with E-state index in [9.17, 15) is 0 Å². The van der Waals surface area contributed by atoms with Gasteiger partial charge in [-0.3, -0.25) is 4.98 Å². The molecule has 0 fully saturated rings. The molecule has 0 aliphatic heterocycles. The van der Waals surface area contributed by atoms with E-state index in [1.54, 1.807) is 0 Å². The molecule has 0 bridgehead atoms.